The summed E-state index contributed by atoms with van der Waals surface area (Å²) >= 11 is 0. The van der Waals surface area contributed by atoms with Gasteiger partial charge in [-0.3, -0.25) is 4.90 Å². The number of hydrogen-bond donors (Lipinski definition) is 3. The van der Waals surface area contributed by atoms with E-state index >= 15 is 0 Å². The molecule has 1 aliphatic rings. The number of urea groups is 1. The zero-order chi connectivity index (χ0) is 24.0. The van der Waals surface area contributed by atoms with E-state index in [9.17, 15) is 4.79 Å². The van der Waals surface area contributed by atoms with E-state index in [4.69, 9.17) is 9.72 Å². The zero-order valence-electron chi connectivity index (χ0n) is 20.0. The molecule has 4 aromatic rings. The Labute approximate surface area is 205 Å². The Kier molecular flexibility index (Phi) is 6.95. The van der Waals surface area contributed by atoms with Crippen LogP contribution in [0.4, 0.5) is 4.79 Å². The third-order valence-corrected chi connectivity index (χ3v) is 6.57. The fraction of sp³-hybridized carbons (Fsp3) is 0.286. The molecule has 2 heterocycles. The predicted octanol–water partition coefficient (Wildman–Crippen LogP) is 4.21. The maximum Gasteiger partial charge on any atom is 0.315 e. The van der Waals surface area contributed by atoms with Crippen molar-refractivity contribution in [2.45, 2.75) is 25.4 Å². The SMILES string of the molecule is COc1ccc(C[C@@H](NC(=O)NCCN2CCc3ccccc3C2)c2nc3ccccc3[nH]2)cc1. The van der Waals surface area contributed by atoms with Gasteiger partial charge in [-0.15, -0.1) is 0 Å². The first kappa shape index (κ1) is 22.9. The van der Waals surface area contributed by atoms with Gasteiger partial charge in [0.25, 0.3) is 0 Å². The molecule has 1 aromatic heterocycles. The molecule has 0 unspecified atom stereocenters. The van der Waals surface area contributed by atoms with Crippen molar-refractivity contribution < 1.29 is 9.53 Å². The first-order chi connectivity index (χ1) is 17.2. The number of carbonyl (C=O) groups excluding carboxylic acids is 1. The van der Waals surface area contributed by atoms with Gasteiger partial charge in [-0.25, -0.2) is 9.78 Å². The van der Waals surface area contributed by atoms with E-state index in [-0.39, 0.29) is 12.1 Å². The Balaban J connectivity index is 1.22. The summed E-state index contributed by atoms with van der Waals surface area (Å²) in [7, 11) is 1.65. The van der Waals surface area contributed by atoms with Crippen LogP contribution >= 0.6 is 0 Å². The molecule has 180 valence electrons. The summed E-state index contributed by atoms with van der Waals surface area (Å²) in [5.41, 5.74) is 5.74. The Morgan fingerprint density at radius 3 is 2.63 bits per heavy atom. The van der Waals surface area contributed by atoms with Crippen LogP contribution in [0.25, 0.3) is 11.0 Å². The van der Waals surface area contributed by atoms with Crippen molar-refractivity contribution in [3.8, 4) is 5.75 Å². The number of fused-ring (bicyclic) bond motifs is 2. The van der Waals surface area contributed by atoms with Crippen molar-refractivity contribution in [1.29, 1.82) is 0 Å². The molecule has 7 heteroatoms. The monoisotopic (exact) mass is 469 g/mol. The molecule has 0 saturated heterocycles. The first-order valence-electron chi connectivity index (χ1n) is 12.1. The second kappa shape index (κ2) is 10.6. The number of rotatable bonds is 8. The van der Waals surface area contributed by atoms with Crippen LogP contribution in [0.5, 0.6) is 5.75 Å². The molecule has 1 aliphatic heterocycles. The molecule has 0 bridgehead atoms. The predicted molar refractivity (Wildman–Crippen MR) is 137 cm³/mol. The Morgan fingerprint density at radius 2 is 1.83 bits per heavy atom. The van der Waals surface area contributed by atoms with Crippen LogP contribution in [0.3, 0.4) is 0 Å². The van der Waals surface area contributed by atoms with Gasteiger partial charge in [0, 0.05) is 26.2 Å². The highest BCUT2D eigenvalue weighted by Crippen LogP contribution is 2.22. The van der Waals surface area contributed by atoms with E-state index in [1.807, 2.05) is 48.5 Å². The summed E-state index contributed by atoms with van der Waals surface area (Å²) in [6.07, 6.45) is 1.67. The number of H-pyrrole nitrogens is 1. The fourth-order valence-electron chi connectivity index (χ4n) is 4.63. The number of aromatic nitrogens is 2. The third-order valence-electron chi connectivity index (χ3n) is 6.57. The molecular formula is C28H31N5O2. The smallest absolute Gasteiger partial charge is 0.315 e. The number of carbonyl (C=O) groups is 1. The quantitative estimate of drug-likeness (QED) is 0.361. The van der Waals surface area contributed by atoms with Gasteiger partial charge in [0.15, 0.2) is 0 Å². The highest BCUT2D eigenvalue weighted by Gasteiger charge is 2.20. The third kappa shape index (κ3) is 5.63. The molecule has 0 aliphatic carbocycles. The van der Waals surface area contributed by atoms with E-state index in [1.54, 1.807) is 7.11 Å². The topological polar surface area (TPSA) is 82.3 Å². The minimum absolute atomic E-state index is 0.193. The first-order valence-corrected chi connectivity index (χ1v) is 12.1. The number of methoxy groups -OCH3 is 1. The number of amides is 2. The zero-order valence-corrected chi connectivity index (χ0v) is 20.0. The highest BCUT2D eigenvalue weighted by molar-refractivity contribution is 5.76. The second-order valence-corrected chi connectivity index (χ2v) is 8.94. The summed E-state index contributed by atoms with van der Waals surface area (Å²) in [6, 6.07) is 23.9. The number of aromatic amines is 1. The molecule has 0 radical (unpaired) electrons. The summed E-state index contributed by atoms with van der Waals surface area (Å²) in [5, 5.41) is 6.17. The number of ether oxygens (including phenoxy) is 1. The number of benzene rings is 3. The number of hydrogen-bond acceptors (Lipinski definition) is 4. The van der Waals surface area contributed by atoms with Crippen molar-refractivity contribution >= 4 is 17.1 Å². The molecule has 5 rings (SSSR count). The van der Waals surface area contributed by atoms with E-state index in [1.165, 1.54) is 11.1 Å². The van der Waals surface area contributed by atoms with E-state index < -0.39 is 0 Å². The Morgan fingerprint density at radius 1 is 1.06 bits per heavy atom. The Bertz CT molecular complexity index is 1250. The van der Waals surface area contributed by atoms with Gasteiger partial charge in [0.2, 0.25) is 0 Å². The fourth-order valence-corrected chi connectivity index (χ4v) is 4.63. The van der Waals surface area contributed by atoms with Gasteiger partial charge in [-0.05, 0) is 53.8 Å². The summed E-state index contributed by atoms with van der Waals surface area (Å²) in [4.78, 5) is 23.4. The minimum atomic E-state index is -0.294. The van der Waals surface area contributed by atoms with Crippen molar-refractivity contribution in [1.82, 2.24) is 25.5 Å². The van der Waals surface area contributed by atoms with E-state index in [0.29, 0.717) is 13.0 Å². The number of para-hydroxylation sites is 2. The molecule has 35 heavy (non-hydrogen) atoms. The minimum Gasteiger partial charge on any atom is -0.497 e. The molecule has 3 aromatic carbocycles. The van der Waals surface area contributed by atoms with Gasteiger partial charge >= 0.3 is 6.03 Å². The van der Waals surface area contributed by atoms with Crippen LogP contribution in [-0.2, 0) is 19.4 Å². The largest absolute Gasteiger partial charge is 0.497 e. The summed E-state index contributed by atoms with van der Waals surface area (Å²) in [5.74, 6) is 1.55. The van der Waals surface area contributed by atoms with Crippen LogP contribution in [0, 0.1) is 0 Å². The number of nitrogens with zero attached hydrogens (tertiary/aromatic N) is 2. The molecule has 0 saturated carbocycles. The molecule has 0 fully saturated rings. The molecule has 3 N–H and O–H groups in total. The van der Waals surface area contributed by atoms with Gasteiger partial charge in [-0.1, -0.05) is 48.5 Å². The average Bonchev–Trinajstić information content (AvgIpc) is 3.33. The van der Waals surface area contributed by atoms with E-state index in [2.05, 4.69) is 44.8 Å². The van der Waals surface area contributed by atoms with Crippen LogP contribution in [-0.4, -0.2) is 47.6 Å². The van der Waals surface area contributed by atoms with Crippen molar-refractivity contribution in [2.24, 2.45) is 0 Å². The summed E-state index contributed by atoms with van der Waals surface area (Å²) < 4.78 is 5.27. The lowest BCUT2D eigenvalue weighted by molar-refractivity contribution is 0.227. The average molecular weight is 470 g/mol. The molecule has 1 atom stereocenters. The summed E-state index contributed by atoms with van der Waals surface area (Å²) in [6.45, 7) is 3.34. The standard InChI is InChI=1S/C28H31N5O2/c1-35-23-12-10-20(11-13-23)18-26(27-30-24-8-4-5-9-25(24)31-27)32-28(34)29-15-17-33-16-14-21-6-2-3-7-22(21)19-33/h2-13,26H,14-19H2,1H3,(H,30,31)(H2,29,32,34)/t26-/m1/s1. The lowest BCUT2D eigenvalue weighted by Crippen LogP contribution is -2.43. The number of imidazole rings is 1. The maximum atomic E-state index is 12.9. The van der Waals surface area contributed by atoms with Gasteiger partial charge < -0.3 is 20.4 Å². The molecule has 0 spiro atoms. The van der Waals surface area contributed by atoms with E-state index in [0.717, 1.165) is 54.2 Å². The van der Waals surface area contributed by atoms with Crippen molar-refractivity contribution in [3.63, 3.8) is 0 Å². The Hall–Kier alpha value is -3.84. The van der Waals surface area contributed by atoms with Crippen LogP contribution < -0.4 is 15.4 Å². The lowest BCUT2D eigenvalue weighted by Gasteiger charge is -2.28. The van der Waals surface area contributed by atoms with Gasteiger partial charge in [-0.2, -0.15) is 0 Å². The van der Waals surface area contributed by atoms with Crippen molar-refractivity contribution in [2.75, 3.05) is 26.7 Å². The highest BCUT2D eigenvalue weighted by atomic mass is 16.5. The maximum absolute atomic E-state index is 12.9. The normalized spacial score (nSPS) is 14.3. The van der Waals surface area contributed by atoms with Crippen LogP contribution in [0.15, 0.2) is 72.8 Å². The van der Waals surface area contributed by atoms with Crippen molar-refractivity contribution in [3.05, 3.63) is 95.3 Å². The molecule has 2 amide bonds. The lowest BCUT2D eigenvalue weighted by atomic mass is 10.00. The molecular weight excluding hydrogens is 438 g/mol. The molecule has 7 nitrogen and oxygen atoms in total. The second-order valence-electron chi connectivity index (χ2n) is 8.94. The van der Waals surface area contributed by atoms with Gasteiger partial charge in [0.05, 0.1) is 24.2 Å². The van der Waals surface area contributed by atoms with Gasteiger partial charge in [0.1, 0.15) is 11.6 Å². The number of nitrogens with one attached hydrogen (secondary N) is 3. The van der Waals surface area contributed by atoms with Crippen LogP contribution in [0.2, 0.25) is 0 Å². The van der Waals surface area contributed by atoms with Crippen LogP contribution in [0.1, 0.15) is 28.6 Å².